The summed E-state index contributed by atoms with van der Waals surface area (Å²) >= 11 is 0. The summed E-state index contributed by atoms with van der Waals surface area (Å²) in [7, 11) is 2.19. The molecule has 1 aromatic rings. The van der Waals surface area contributed by atoms with Gasteiger partial charge in [0.05, 0.1) is 0 Å². The van der Waals surface area contributed by atoms with Crippen molar-refractivity contribution in [3.63, 3.8) is 0 Å². The Balaban J connectivity index is 1.91. The number of hydrogen-bond donors (Lipinski definition) is 1. The van der Waals surface area contributed by atoms with Crippen LogP contribution in [0.1, 0.15) is 19.4 Å². The number of rotatable bonds is 4. The molecule has 1 N–H and O–H groups in total. The summed E-state index contributed by atoms with van der Waals surface area (Å²) in [6.45, 7) is 9.92. The lowest BCUT2D eigenvalue weighted by Gasteiger charge is -2.34. The maximum Gasteiger partial charge on any atom is 0.0367 e. The molecule has 0 spiro atoms. The van der Waals surface area contributed by atoms with E-state index in [1.54, 1.807) is 0 Å². The molecule has 0 saturated carbocycles. The average molecular weight is 247 g/mol. The molecule has 1 aliphatic rings. The van der Waals surface area contributed by atoms with E-state index in [0.717, 1.165) is 32.7 Å². The minimum atomic E-state index is 0.544. The van der Waals surface area contributed by atoms with E-state index in [-0.39, 0.29) is 0 Å². The summed E-state index contributed by atoms with van der Waals surface area (Å²) in [5.74, 6) is 0. The van der Waals surface area contributed by atoms with Crippen molar-refractivity contribution < 1.29 is 0 Å². The predicted molar refractivity (Wildman–Crippen MR) is 78.1 cm³/mol. The fourth-order valence-corrected chi connectivity index (χ4v) is 2.21. The van der Waals surface area contributed by atoms with Crippen molar-refractivity contribution in [3.05, 3.63) is 29.8 Å². The molecular formula is C15H25N3. The Morgan fingerprint density at radius 1 is 1.06 bits per heavy atom. The number of likely N-dealkylation sites (N-methyl/N-ethyl adjacent to an activating group) is 1. The monoisotopic (exact) mass is 247 g/mol. The first-order chi connectivity index (χ1) is 8.65. The van der Waals surface area contributed by atoms with Crippen LogP contribution in [0.5, 0.6) is 0 Å². The highest BCUT2D eigenvalue weighted by Crippen LogP contribution is 2.17. The number of anilines is 1. The van der Waals surface area contributed by atoms with Gasteiger partial charge in [-0.25, -0.2) is 0 Å². The number of piperazine rings is 1. The number of hydrogen-bond acceptors (Lipinski definition) is 3. The quantitative estimate of drug-likeness (QED) is 0.877. The van der Waals surface area contributed by atoms with Crippen molar-refractivity contribution in [2.45, 2.75) is 26.4 Å². The van der Waals surface area contributed by atoms with Gasteiger partial charge in [0.1, 0.15) is 0 Å². The number of benzene rings is 1. The normalized spacial score (nSPS) is 17.4. The summed E-state index contributed by atoms with van der Waals surface area (Å²) in [5, 5.41) is 3.45. The molecule has 3 nitrogen and oxygen atoms in total. The fourth-order valence-electron chi connectivity index (χ4n) is 2.21. The molecule has 0 unspecified atom stereocenters. The van der Waals surface area contributed by atoms with Crippen LogP contribution in [0.3, 0.4) is 0 Å². The van der Waals surface area contributed by atoms with E-state index in [0.29, 0.717) is 6.04 Å². The molecular weight excluding hydrogens is 222 g/mol. The first kappa shape index (κ1) is 13.4. The molecule has 0 bridgehead atoms. The van der Waals surface area contributed by atoms with Crippen molar-refractivity contribution in [2.75, 3.05) is 38.1 Å². The molecule has 100 valence electrons. The Morgan fingerprint density at radius 2 is 1.67 bits per heavy atom. The van der Waals surface area contributed by atoms with E-state index in [9.17, 15) is 0 Å². The Labute approximate surface area is 111 Å². The van der Waals surface area contributed by atoms with Gasteiger partial charge in [-0.15, -0.1) is 0 Å². The smallest absolute Gasteiger partial charge is 0.0367 e. The van der Waals surface area contributed by atoms with Crippen LogP contribution >= 0.6 is 0 Å². The van der Waals surface area contributed by atoms with Gasteiger partial charge in [0.2, 0.25) is 0 Å². The summed E-state index contributed by atoms with van der Waals surface area (Å²) < 4.78 is 0. The average Bonchev–Trinajstić information content (AvgIpc) is 2.38. The molecule has 18 heavy (non-hydrogen) atoms. The Kier molecular flexibility index (Phi) is 4.61. The van der Waals surface area contributed by atoms with Gasteiger partial charge < -0.3 is 15.1 Å². The van der Waals surface area contributed by atoms with Gasteiger partial charge in [-0.2, -0.15) is 0 Å². The minimum absolute atomic E-state index is 0.544. The third-order valence-corrected chi connectivity index (χ3v) is 3.52. The molecule has 1 aromatic carbocycles. The minimum Gasteiger partial charge on any atom is -0.369 e. The van der Waals surface area contributed by atoms with Gasteiger partial charge in [0.15, 0.2) is 0 Å². The van der Waals surface area contributed by atoms with Gasteiger partial charge in [-0.3, -0.25) is 0 Å². The van der Waals surface area contributed by atoms with Gasteiger partial charge in [0.25, 0.3) is 0 Å². The zero-order valence-electron chi connectivity index (χ0n) is 11.8. The third kappa shape index (κ3) is 3.72. The predicted octanol–water partition coefficient (Wildman–Crippen LogP) is 1.94. The van der Waals surface area contributed by atoms with Crippen LogP contribution in [0, 0.1) is 0 Å². The lowest BCUT2D eigenvalue weighted by Crippen LogP contribution is -2.44. The molecule has 0 aromatic heterocycles. The Bertz CT molecular complexity index is 351. The maximum absolute atomic E-state index is 3.45. The van der Waals surface area contributed by atoms with Crippen LogP contribution in [0.4, 0.5) is 5.69 Å². The number of nitrogens with one attached hydrogen (secondary N) is 1. The second kappa shape index (κ2) is 6.21. The molecule has 1 heterocycles. The highest BCUT2D eigenvalue weighted by atomic mass is 15.2. The topological polar surface area (TPSA) is 18.5 Å². The molecule has 1 fully saturated rings. The first-order valence-corrected chi connectivity index (χ1v) is 6.91. The Hall–Kier alpha value is -1.06. The summed E-state index contributed by atoms with van der Waals surface area (Å²) in [5.41, 5.74) is 2.72. The highest BCUT2D eigenvalue weighted by molar-refractivity contribution is 5.48. The van der Waals surface area contributed by atoms with Crippen LogP contribution in [0.15, 0.2) is 24.3 Å². The summed E-state index contributed by atoms with van der Waals surface area (Å²) in [6.07, 6.45) is 0. The molecule has 0 amide bonds. The van der Waals surface area contributed by atoms with E-state index in [2.05, 4.69) is 60.3 Å². The van der Waals surface area contributed by atoms with Crippen molar-refractivity contribution >= 4 is 5.69 Å². The van der Waals surface area contributed by atoms with Crippen molar-refractivity contribution in [1.82, 2.24) is 10.2 Å². The maximum atomic E-state index is 3.45. The standard InChI is InChI=1S/C15H25N3/c1-13(2)16-12-14-4-6-15(7-5-14)18-10-8-17(3)9-11-18/h4-7,13,16H,8-12H2,1-3H3. The second-order valence-corrected chi connectivity index (χ2v) is 5.49. The SMILES string of the molecule is CC(C)NCc1ccc(N2CCN(C)CC2)cc1. The van der Waals surface area contributed by atoms with Crippen LogP contribution < -0.4 is 10.2 Å². The van der Waals surface area contributed by atoms with E-state index in [1.165, 1.54) is 11.3 Å². The summed E-state index contributed by atoms with van der Waals surface area (Å²) in [6, 6.07) is 9.53. The van der Waals surface area contributed by atoms with Gasteiger partial charge in [0, 0.05) is 44.5 Å². The van der Waals surface area contributed by atoms with Crippen LogP contribution in [-0.2, 0) is 6.54 Å². The summed E-state index contributed by atoms with van der Waals surface area (Å²) in [4.78, 5) is 4.86. The van der Waals surface area contributed by atoms with Crippen molar-refractivity contribution in [2.24, 2.45) is 0 Å². The van der Waals surface area contributed by atoms with Crippen molar-refractivity contribution in [1.29, 1.82) is 0 Å². The van der Waals surface area contributed by atoms with Gasteiger partial charge in [-0.05, 0) is 24.7 Å². The Morgan fingerprint density at radius 3 is 2.22 bits per heavy atom. The molecule has 0 aliphatic carbocycles. The molecule has 3 heteroatoms. The molecule has 1 saturated heterocycles. The molecule has 0 radical (unpaired) electrons. The lowest BCUT2D eigenvalue weighted by molar-refractivity contribution is 0.313. The number of nitrogens with zero attached hydrogens (tertiary/aromatic N) is 2. The second-order valence-electron chi connectivity index (χ2n) is 5.49. The zero-order valence-corrected chi connectivity index (χ0v) is 11.8. The fraction of sp³-hybridized carbons (Fsp3) is 0.600. The third-order valence-electron chi connectivity index (χ3n) is 3.52. The van der Waals surface area contributed by atoms with Crippen LogP contribution in [0.2, 0.25) is 0 Å². The van der Waals surface area contributed by atoms with E-state index >= 15 is 0 Å². The van der Waals surface area contributed by atoms with Gasteiger partial charge in [-0.1, -0.05) is 26.0 Å². The molecule has 1 aliphatic heterocycles. The van der Waals surface area contributed by atoms with E-state index in [1.807, 2.05) is 0 Å². The van der Waals surface area contributed by atoms with Gasteiger partial charge >= 0.3 is 0 Å². The van der Waals surface area contributed by atoms with Crippen LogP contribution in [-0.4, -0.2) is 44.2 Å². The first-order valence-electron chi connectivity index (χ1n) is 6.91. The molecule has 0 atom stereocenters. The highest BCUT2D eigenvalue weighted by Gasteiger charge is 2.13. The van der Waals surface area contributed by atoms with E-state index < -0.39 is 0 Å². The zero-order chi connectivity index (χ0) is 13.0. The van der Waals surface area contributed by atoms with Crippen LogP contribution in [0.25, 0.3) is 0 Å². The molecule has 2 rings (SSSR count). The largest absolute Gasteiger partial charge is 0.369 e. The van der Waals surface area contributed by atoms with Crippen molar-refractivity contribution in [3.8, 4) is 0 Å². The van der Waals surface area contributed by atoms with E-state index in [4.69, 9.17) is 0 Å². The lowest BCUT2D eigenvalue weighted by atomic mass is 10.1.